The number of hydrogen-bond donors (Lipinski definition) is 2. The summed E-state index contributed by atoms with van der Waals surface area (Å²) in [7, 11) is 0. The van der Waals surface area contributed by atoms with Crippen LogP contribution in [-0.4, -0.2) is 51.6 Å². The summed E-state index contributed by atoms with van der Waals surface area (Å²) in [5, 5.41) is 20.5. The average molecular weight is 694 g/mol. The highest BCUT2D eigenvalue weighted by molar-refractivity contribution is 6.31. The van der Waals surface area contributed by atoms with Crippen molar-refractivity contribution in [2.75, 3.05) is 13.2 Å². The fourth-order valence-electron chi connectivity index (χ4n) is 9.42. The van der Waals surface area contributed by atoms with Crippen LogP contribution in [0.25, 0.3) is 5.57 Å². The van der Waals surface area contributed by atoms with Crippen molar-refractivity contribution in [1.82, 2.24) is 4.90 Å². The monoisotopic (exact) mass is 693 g/mol. The lowest BCUT2D eigenvalue weighted by molar-refractivity contribution is -0.140. The third-order valence-corrected chi connectivity index (χ3v) is 11.6. The van der Waals surface area contributed by atoms with Gasteiger partial charge in [0.05, 0.1) is 23.9 Å². The molecule has 0 bridgehead atoms. The maximum atomic E-state index is 15.2. The lowest BCUT2D eigenvalue weighted by atomic mass is 9.44. The lowest BCUT2D eigenvalue weighted by Gasteiger charge is -2.55. The van der Waals surface area contributed by atoms with Gasteiger partial charge < -0.3 is 14.9 Å². The maximum Gasteiger partial charge on any atom is 0.233 e. The fourth-order valence-corrected chi connectivity index (χ4v) is 9.42. The van der Waals surface area contributed by atoms with E-state index in [-0.39, 0.29) is 53.6 Å². The van der Waals surface area contributed by atoms with Crippen LogP contribution in [0.3, 0.4) is 0 Å². The van der Waals surface area contributed by atoms with E-state index in [1.807, 2.05) is 73.7 Å². The first-order valence-electron chi connectivity index (χ1n) is 17.9. The van der Waals surface area contributed by atoms with Gasteiger partial charge >= 0.3 is 0 Å². The van der Waals surface area contributed by atoms with E-state index in [9.17, 15) is 19.8 Å². The van der Waals surface area contributed by atoms with Crippen LogP contribution >= 0.6 is 0 Å². The van der Waals surface area contributed by atoms with Crippen LogP contribution in [0.4, 0.5) is 0 Å². The summed E-state index contributed by atoms with van der Waals surface area (Å²) in [4.78, 5) is 60.1. The molecule has 2 fully saturated rings. The average Bonchev–Trinajstić information content (AvgIpc) is 3.41. The second kappa shape index (κ2) is 13.1. The molecule has 8 rings (SSSR count). The van der Waals surface area contributed by atoms with E-state index in [2.05, 4.69) is 0 Å². The summed E-state index contributed by atoms with van der Waals surface area (Å²) in [5.74, 6) is -3.81. The van der Waals surface area contributed by atoms with Gasteiger partial charge in [-0.1, -0.05) is 90.5 Å². The highest BCUT2D eigenvalue weighted by Crippen LogP contribution is 2.64. The highest BCUT2D eigenvalue weighted by Gasteiger charge is 2.65. The normalized spacial score (nSPS) is 26.6. The number of imide groups is 1. The Morgan fingerprint density at radius 1 is 0.827 bits per heavy atom. The highest BCUT2D eigenvalue weighted by atomic mass is 16.5. The molecule has 4 aliphatic rings. The molecule has 262 valence electrons. The number of Topliss-reactive ketones (excluding diaryl/α,β-unsaturated/α-hetero) is 1. The van der Waals surface area contributed by atoms with Crippen molar-refractivity contribution in [3.8, 4) is 17.2 Å². The number of ether oxygens (including phenoxy) is 1. The Labute approximate surface area is 302 Å². The SMILES string of the molecule is CCOc1cc(C2C3=CCC4C(=O)N(CCc5ccc(O)cc5)C(=O)C4C3CC3C(=O)C(c4ccccc4)=CC(=O)C32c2ccccc2)ccc1O. The van der Waals surface area contributed by atoms with Crippen molar-refractivity contribution < 1.29 is 34.1 Å². The van der Waals surface area contributed by atoms with Crippen LogP contribution in [0.15, 0.2) is 121 Å². The number of benzene rings is 4. The van der Waals surface area contributed by atoms with Crippen molar-refractivity contribution in [3.05, 3.63) is 143 Å². The molecule has 1 aliphatic heterocycles. The smallest absolute Gasteiger partial charge is 0.233 e. The molecule has 0 spiro atoms. The van der Waals surface area contributed by atoms with E-state index in [0.29, 0.717) is 41.7 Å². The van der Waals surface area contributed by atoms with Crippen molar-refractivity contribution >= 4 is 29.0 Å². The zero-order valence-corrected chi connectivity index (χ0v) is 28.8. The summed E-state index contributed by atoms with van der Waals surface area (Å²) in [6.45, 7) is 2.33. The topological polar surface area (TPSA) is 121 Å². The Hall–Kier alpha value is -5.76. The Bertz CT molecular complexity index is 2140. The molecule has 4 aromatic rings. The second-order valence-electron chi connectivity index (χ2n) is 14.2. The molecular weight excluding hydrogens is 654 g/mol. The van der Waals surface area contributed by atoms with Crippen molar-refractivity contribution in [1.29, 1.82) is 0 Å². The van der Waals surface area contributed by atoms with Crippen molar-refractivity contribution in [2.24, 2.45) is 23.7 Å². The van der Waals surface area contributed by atoms with E-state index >= 15 is 9.59 Å². The predicted octanol–water partition coefficient (Wildman–Crippen LogP) is 6.56. The van der Waals surface area contributed by atoms with Crippen LogP contribution in [0, 0.1) is 23.7 Å². The van der Waals surface area contributed by atoms with Crippen LogP contribution in [-0.2, 0) is 31.0 Å². The van der Waals surface area contributed by atoms with Gasteiger partial charge in [-0.2, -0.15) is 0 Å². The molecule has 52 heavy (non-hydrogen) atoms. The molecular formula is C44H39NO7. The summed E-state index contributed by atoms with van der Waals surface area (Å²) in [6.07, 6.45) is 4.52. The number of nitrogens with zero attached hydrogens (tertiary/aromatic N) is 1. The quantitative estimate of drug-likeness (QED) is 0.158. The number of hydrogen-bond acceptors (Lipinski definition) is 7. The molecule has 1 saturated carbocycles. The third kappa shape index (κ3) is 5.19. The van der Waals surface area contributed by atoms with Crippen LogP contribution in [0.5, 0.6) is 17.2 Å². The van der Waals surface area contributed by atoms with Crippen molar-refractivity contribution in [2.45, 2.75) is 37.5 Å². The molecule has 4 aromatic carbocycles. The van der Waals surface area contributed by atoms with Gasteiger partial charge in [0.15, 0.2) is 23.1 Å². The van der Waals surface area contributed by atoms with Gasteiger partial charge in [-0.3, -0.25) is 24.1 Å². The fraction of sp³-hybridized carbons (Fsp3) is 0.273. The molecule has 2 N–H and O–H groups in total. The number of allylic oxidation sites excluding steroid dienone is 4. The summed E-state index contributed by atoms with van der Waals surface area (Å²) >= 11 is 0. The number of rotatable bonds is 8. The number of carbonyl (C=O) groups is 4. The minimum Gasteiger partial charge on any atom is -0.508 e. The Kier molecular flexibility index (Phi) is 8.41. The van der Waals surface area contributed by atoms with Crippen LogP contribution in [0.2, 0.25) is 0 Å². The Morgan fingerprint density at radius 2 is 1.54 bits per heavy atom. The third-order valence-electron chi connectivity index (χ3n) is 11.6. The molecule has 6 unspecified atom stereocenters. The molecule has 1 heterocycles. The molecule has 8 heteroatoms. The number of amides is 2. The molecule has 6 atom stereocenters. The number of carbonyl (C=O) groups excluding carboxylic acids is 4. The summed E-state index contributed by atoms with van der Waals surface area (Å²) in [5.41, 5.74) is 2.75. The molecule has 1 saturated heterocycles. The van der Waals surface area contributed by atoms with E-state index in [1.54, 1.807) is 42.5 Å². The van der Waals surface area contributed by atoms with Crippen LogP contribution < -0.4 is 4.74 Å². The number of ketones is 2. The van der Waals surface area contributed by atoms with Gasteiger partial charge in [0.1, 0.15) is 5.75 Å². The number of phenolic OH excluding ortho intramolecular Hbond substituents is 2. The molecule has 2 amide bonds. The zero-order valence-electron chi connectivity index (χ0n) is 28.8. The van der Waals surface area contributed by atoms with E-state index in [0.717, 1.165) is 11.1 Å². The molecule has 3 aliphatic carbocycles. The Morgan fingerprint density at radius 3 is 2.25 bits per heavy atom. The number of likely N-dealkylation sites (tertiary alicyclic amines) is 1. The largest absolute Gasteiger partial charge is 0.508 e. The first-order valence-corrected chi connectivity index (χ1v) is 17.9. The predicted molar refractivity (Wildman–Crippen MR) is 194 cm³/mol. The zero-order chi connectivity index (χ0) is 36.1. The minimum atomic E-state index is -1.36. The molecule has 0 radical (unpaired) electrons. The Balaban J connectivity index is 1.29. The van der Waals surface area contributed by atoms with E-state index in [1.165, 1.54) is 11.0 Å². The van der Waals surface area contributed by atoms with E-state index < -0.39 is 35.0 Å². The number of phenols is 2. The number of fused-ring (bicyclic) bond motifs is 4. The maximum absolute atomic E-state index is 15.2. The molecule has 8 nitrogen and oxygen atoms in total. The first kappa shape index (κ1) is 33.4. The van der Waals surface area contributed by atoms with Gasteiger partial charge in [0, 0.05) is 24.0 Å². The summed E-state index contributed by atoms with van der Waals surface area (Å²) in [6, 6.07) is 30.4. The second-order valence-corrected chi connectivity index (χ2v) is 14.2. The molecule has 0 aromatic heterocycles. The minimum absolute atomic E-state index is 0.0425. The van der Waals surface area contributed by atoms with Gasteiger partial charge in [0.25, 0.3) is 0 Å². The number of aromatic hydroxyl groups is 2. The van der Waals surface area contributed by atoms with Gasteiger partial charge in [-0.25, -0.2) is 0 Å². The van der Waals surface area contributed by atoms with E-state index in [4.69, 9.17) is 4.74 Å². The van der Waals surface area contributed by atoms with Crippen molar-refractivity contribution in [3.63, 3.8) is 0 Å². The van der Waals surface area contributed by atoms with Gasteiger partial charge in [0.2, 0.25) is 11.8 Å². The lowest BCUT2D eigenvalue weighted by Crippen LogP contribution is -2.58. The first-order chi connectivity index (χ1) is 25.2. The van der Waals surface area contributed by atoms with Crippen LogP contribution in [0.1, 0.15) is 47.9 Å². The van der Waals surface area contributed by atoms with Gasteiger partial charge in [-0.15, -0.1) is 0 Å². The standard InChI is InChI=1S/C44H39NO7/c1-2-52-37-23-28(15-20-36(37)47)40-31-18-19-32-39(43(51)45(42(32)50)22-21-26-13-16-30(46)17-14-26)34(31)24-35-41(49)33(27-9-5-3-6-10-27)25-38(48)44(35,40)29-11-7-4-8-12-29/h3-18,20,23,25,32,34-35,39-40,46-47H,2,19,21-22,24H2,1H3. The summed E-state index contributed by atoms with van der Waals surface area (Å²) < 4.78 is 5.83. The van der Waals surface area contributed by atoms with Gasteiger partial charge in [-0.05, 0) is 84.7 Å².